The zero-order valence-electron chi connectivity index (χ0n) is 12.6. The number of hydrogen-bond acceptors (Lipinski definition) is 3. The summed E-state index contributed by atoms with van der Waals surface area (Å²) in [5.41, 5.74) is 8.16. The van der Waals surface area contributed by atoms with Gasteiger partial charge in [0.15, 0.2) is 0 Å². The number of benzene rings is 2. The molecule has 2 unspecified atom stereocenters. The van der Waals surface area contributed by atoms with Crippen molar-refractivity contribution in [2.24, 2.45) is 5.73 Å². The van der Waals surface area contributed by atoms with E-state index in [2.05, 4.69) is 0 Å². The molecule has 2 atom stereocenters. The Labute approximate surface area is 126 Å². The van der Waals surface area contributed by atoms with Crippen molar-refractivity contribution in [3.05, 3.63) is 71.3 Å². The molecule has 112 valence electrons. The Morgan fingerprint density at radius 3 is 2.38 bits per heavy atom. The van der Waals surface area contributed by atoms with E-state index < -0.39 is 11.8 Å². The van der Waals surface area contributed by atoms with Gasteiger partial charge in [-0.2, -0.15) is 0 Å². The van der Waals surface area contributed by atoms with E-state index in [1.165, 1.54) is 5.56 Å². The number of rotatable bonds is 6. The Morgan fingerprint density at radius 2 is 1.71 bits per heavy atom. The van der Waals surface area contributed by atoms with E-state index in [1.54, 1.807) is 6.92 Å². The van der Waals surface area contributed by atoms with Crippen LogP contribution in [0.2, 0.25) is 0 Å². The first-order valence-electron chi connectivity index (χ1n) is 7.18. The Kier molecular flexibility index (Phi) is 5.12. The van der Waals surface area contributed by atoms with Gasteiger partial charge >= 0.3 is 0 Å². The third-order valence-corrected chi connectivity index (χ3v) is 3.71. The molecule has 2 aromatic rings. The summed E-state index contributed by atoms with van der Waals surface area (Å²) in [6, 6.07) is 17.6. The third-order valence-electron chi connectivity index (χ3n) is 3.71. The van der Waals surface area contributed by atoms with Gasteiger partial charge in [-0.1, -0.05) is 54.6 Å². The molecule has 0 saturated heterocycles. The van der Waals surface area contributed by atoms with Gasteiger partial charge in [0.05, 0.1) is 12.2 Å². The zero-order chi connectivity index (χ0) is 15.3. The molecule has 21 heavy (non-hydrogen) atoms. The van der Waals surface area contributed by atoms with Crippen molar-refractivity contribution in [1.82, 2.24) is 0 Å². The van der Waals surface area contributed by atoms with Crippen molar-refractivity contribution in [2.75, 3.05) is 0 Å². The minimum Gasteiger partial charge on any atom is -0.385 e. The smallest absolute Gasteiger partial charge is 0.109 e. The summed E-state index contributed by atoms with van der Waals surface area (Å²) in [6.07, 6.45) is -0.164. The molecule has 2 aromatic carbocycles. The molecule has 0 bridgehead atoms. The van der Waals surface area contributed by atoms with Crippen LogP contribution >= 0.6 is 0 Å². The lowest BCUT2D eigenvalue weighted by Gasteiger charge is -2.27. The average Bonchev–Trinajstić information content (AvgIpc) is 2.47. The highest BCUT2D eigenvalue weighted by molar-refractivity contribution is 5.25. The number of aryl methyl sites for hydroxylation is 1. The monoisotopic (exact) mass is 285 g/mol. The van der Waals surface area contributed by atoms with Crippen LogP contribution in [0, 0.1) is 6.92 Å². The molecule has 0 aliphatic rings. The fourth-order valence-electron chi connectivity index (χ4n) is 2.33. The third kappa shape index (κ3) is 4.39. The van der Waals surface area contributed by atoms with Gasteiger partial charge in [-0.05, 0) is 30.5 Å². The molecule has 0 aliphatic carbocycles. The quantitative estimate of drug-likeness (QED) is 0.802. The summed E-state index contributed by atoms with van der Waals surface area (Å²) in [6.45, 7) is 4.27. The largest absolute Gasteiger partial charge is 0.385 e. The van der Waals surface area contributed by atoms with E-state index in [0.29, 0.717) is 13.0 Å². The first-order valence-corrected chi connectivity index (χ1v) is 7.18. The van der Waals surface area contributed by atoms with E-state index in [1.807, 2.05) is 61.5 Å². The van der Waals surface area contributed by atoms with Crippen molar-refractivity contribution >= 4 is 0 Å². The lowest BCUT2D eigenvalue weighted by Crippen LogP contribution is -2.34. The van der Waals surface area contributed by atoms with E-state index >= 15 is 0 Å². The van der Waals surface area contributed by atoms with Crippen molar-refractivity contribution in [1.29, 1.82) is 0 Å². The minimum atomic E-state index is -0.994. The molecule has 0 spiro atoms. The molecule has 3 heteroatoms. The second-order valence-electron chi connectivity index (χ2n) is 5.62. The molecule has 0 aromatic heterocycles. The first-order chi connectivity index (χ1) is 9.99. The summed E-state index contributed by atoms with van der Waals surface area (Å²) < 4.78 is 5.68. The molecule has 3 nitrogen and oxygen atoms in total. The highest BCUT2D eigenvalue weighted by Gasteiger charge is 2.26. The Balaban J connectivity index is 1.93. The first kappa shape index (κ1) is 15.7. The molecule has 0 fully saturated rings. The molecular formula is C18H23NO2. The highest BCUT2D eigenvalue weighted by atomic mass is 16.5. The predicted octanol–water partition coefficient (Wildman–Crippen LogP) is 3.09. The topological polar surface area (TPSA) is 55.5 Å². The Morgan fingerprint density at radius 1 is 1.10 bits per heavy atom. The van der Waals surface area contributed by atoms with Crippen LogP contribution in [-0.4, -0.2) is 11.3 Å². The standard InChI is InChI=1S/C18H23NO2/c1-14-8-6-7-9-15(14)13-21-17(19)12-18(2,20)16-10-4-3-5-11-16/h3-11,17,20H,12-13,19H2,1-2H3. The van der Waals surface area contributed by atoms with E-state index in [0.717, 1.165) is 11.1 Å². The fourth-order valence-corrected chi connectivity index (χ4v) is 2.33. The van der Waals surface area contributed by atoms with E-state index in [4.69, 9.17) is 10.5 Å². The lowest BCUT2D eigenvalue weighted by molar-refractivity contribution is -0.0366. The van der Waals surface area contributed by atoms with Crippen LogP contribution in [-0.2, 0) is 16.9 Å². The fraction of sp³-hybridized carbons (Fsp3) is 0.333. The maximum absolute atomic E-state index is 10.5. The average molecular weight is 285 g/mol. The SMILES string of the molecule is Cc1ccccc1COC(N)CC(C)(O)c1ccccc1. The van der Waals surface area contributed by atoms with E-state index in [-0.39, 0.29) is 0 Å². The highest BCUT2D eigenvalue weighted by Crippen LogP contribution is 2.25. The van der Waals surface area contributed by atoms with Crippen molar-refractivity contribution in [3.8, 4) is 0 Å². The minimum absolute atomic E-state index is 0.350. The van der Waals surface area contributed by atoms with Crippen molar-refractivity contribution < 1.29 is 9.84 Å². The van der Waals surface area contributed by atoms with E-state index in [9.17, 15) is 5.11 Å². The van der Waals surface area contributed by atoms with Gasteiger partial charge in [0.1, 0.15) is 6.23 Å². The lowest BCUT2D eigenvalue weighted by atomic mass is 9.92. The maximum atomic E-state index is 10.5. The van der Waals surface area contributed by atoms with Gasteiger partial charge in [-0.15, -0.1) is 0 Å². The molecule has 0 radical (unpaired) electrons. The normalized spacial score (nSPS) is 15.4. The van der Waals surface area contributed by atoms with Gasteiger partial charge < -0.3 is 15.6 Å². The van der Waals surface area contributed by atoms with Gasteiger partial charge in [0.25, 0.3) is 0 Å². The molecule has 2 rings (SSSR count). The summed E-state index contributed by atoms with van der Waals surface area (Å²) in [5.74, 6) is 0. The number of ether oxygens (including phenoxy) is 1. The summed E-state index contributed by atoms with van der Waals surface area (Å²) >= 11 is 0. The van der Waals surface area contributed by atoms with Gasteiger partial charge in [0, 0.05) is 6.42 Å². The molecule has 0 amide bonds. The van der Waals surface area contributed by atoms with Gasteiger partial charge in [0.2, 0.25) is 0 Å². The summed E-state index contributed by atoms with van der Waals surface area (Å²) in [4.78, 5) is 0. The van der Waals surface area contributed by atoms with Crippen LogP contribution in [0.3, 0.4) is 0 Å². The van der Waals surface area contributed by atoms with Crippen molar-refractivity contribution in [3.63, 3.8) is 0 Å². The number of hydrogen-bond donors (Lipinski definition) is 2. The molecule has 0 aliphatic heterocycles. The second kappa shape index (κ2) is 6.85. The number of aliphatic hydroxyl groups is 1. The van der Waals surface area contributed by atoms with Crippen LogP contribution in [0.1, 0.15) is 30.0 Å². The second-order valence-corrected chi connectivity index (χ2v) is 5.62. The molecule has 0 heterocycles. The van der Waals surface area contributed by atoms with Crippen LogP contribution in [0.15, 0.2) is 54.6 Å². The molecule has 0 saturated carbocycles. The molecular weight excluding hydrogens is 262 g/mol. The van der Waals surface area contributed by atoms with Crippen LogP contribution < -0.4 is 5.73 Å². The predicted molar refractivity (Wildman–Crippen MR) is 84.6 cm³/mol. The van der Waals surface area contributed by atoms with Gasteiger partial charge in [-0.25, -0.2) is 0 Å². The number of nitrogens with two attached hydrogens (primary N) is 1. The molecule has 3 N–H and O–H groups in total. The Bertz CT molecular complexity index is 566. The van der Waals surface area contributed by atoms with Crippen LogP contribution in [0.4, 0.5) is 0 Å². The summed E-state index contributed by atoms with van der Waals surface area (Å²) in [7, 11) is 0. The zero-order valence-corrected chi connectivity index (χ0v) is 12.6. The summed E-state index contributed by atoms with van der Waals surface area (Å²) in [5, 5.41) is 10.5. The van der Waals surface area contributed by atoms with Crippen LogP contribution in [0.25, 0.3) is 0 Å². The van der Waals surface area contributed by atoms with Crippen LogP contribution in [0.5, 0.6) is 0 Å². The van der Waals surface area contributed by atoms with Gasteiger partial charge in [-0.3, -0.25) is 0 Å². The Hall–Kier alpha value is -1.68. The van der Waals surface area contributed by atoms with Crippen molar-refractivity contribution in [2.45, 2.75) is 38.7 Å². The maximum Gasteiger partial charge on any atom is 0.109 e.